The minimum absolute atomic E-state index is 0.0668. The van der Waals surface area contributed by atoms with Crippen LogP contribution < -0.4 is 10.1 Å². The third kappa shape index (κ3) is 4.10. The fourth-order valence-corrected chi connectivity index (χ4v) is 1.11. The Kier molecular flexibility index (Phi) is 5.01. The largest absolute Gasteiger partial charge is 0.492 e. The number of nitrogens with zero attached hydrogens (tertiary/aromatic N) is 1. The summed E-state index contributed by atoms with van der Waals surface area (Å²) in [6.45, 7) is 5.55. The topological polar surface area (TPSA) is 64.4 Å². The van der Waals surface area contributed by atoms with E-state index in [0.717, 1.165) is 6.54 Å². The van der Waals surface area contributed by atoms with E-state index in [4.69, 9.17) is 4.74 Å². The predicted molar refractivity (Wildman–Crippen MR) is 61.7 cm³/mol. The molecule has 0 fully saturated rings. The van der Waals surface area contributed by atoms with Crippen molar-refractivity contribution in [1.82, 2.24) is 5.32 Å². The zero-order valence-electron chi connectivity index (χ0n) is 8.89. The van der Waals surface area contributed by atoms with Gasteiger partial charge in [0.1, 0.15) is 12.4 Å². The Morgan fingerprint density at radius 2 is 2.12 bits per heavy atom. The van der Waals surface area contributed by atoms with Gasteiger partial charge in [0, 0.05) is 25.2 Å². The van der Waals surface area contributed by atoms with Crippen molar-refractivity contribution < 1.29 is 9.66 Å². The van der Waals surface area contributed by atoms with Crippen LogP contribution in [0.1, 0.15) is 0 Å². The number of nitro groups is 1. The van der Waals surface area contributed by atoms with E-state index in [1.54, 1.807) is 18.2 Å². The number of nitro benzene ring substituents is 1. The van der Waals surface area contributed by atoms with Gasteiger partial charge in [-0.15, -0.1) is 6.58 Å². The quantitative estimate of drug-likeness (QED) is 0.330. The molecular weight excluding hydrogens is 208 g/mol. The van der Waals surface area contributed by atoms with Crippen molar-refractivity contribution in [3.05, 3.63) is 47.0 Å². The molecule has 0 atom stereocenters. The highest BCUT2D eigenvalue weighted by molar-refractivity contribution is 5.35. The van der Waals surface area contributed by atoms with Crippen LogP contribution in [0.2, 0.25) is 0 Å². The summed E-state index contributed by atoms with van der Waals surface area (Å²) in [7, 11) is 0. The molecule has 1 aromatic rings. The average Bonchev–Trinajstić information content (AvgIpc) is 2.29. The van der Waals surface area contributed by atoms with Crippen LogP contribution in [0, 0.1) is 10.1 Å². The van der Waals surface area contributed by atoms with Gasteiger partial charge in [-0.1, -0.05) is 6.08 Å². The van der Waals surface area contributed by atoms with Gasteiger partial charge in [0.25, 0.3) is 5.69 Å². The lowest BCUT2D eigenvalue weighted by molar-refractivity contribution is -0.384. The van der Waals surface area contributed by atoms with Gasteiger partial charge < -0.3 is 10.1 Å². The Bertz CT molecular complexity index is 349. The summed E-state index contributed by atoms with van der Waals surface area (Å²) in [5, 5.41) is 13.5. The van der Waals surface area contributed by atoms with Crippen molar-refractivity contribution in [2.75, 3.05) is 19.7 Å². The molecule has 0 radical (unpaired) electrons. The van der Waals surface area contributed by atoms with Crippen molar-refractivity contribution in [3.63, 3.8) is 0 Å². The van der Waals surface area contributed by atoms with E-state index in [9.17, 15) is 10.1 Å². The molecule has 5 heteroatoms. The molecule has 0 amide bonds. The van der Waals surface area contributed by atoms with Crippen LogP contribution >= 0.6 is 0 Å². The Hall–Kier alpha value is -1.88. The summed E-state index contributed by atoms with van der Waals surface area (Å²) < 4.78 is 5.37. The lowest BCUT2D eigenvalue weighted by Gasteiger charge is -2.05. The first-order valence-corrected chi connectivity index (χ1v) is 4.93. The number of non-ortho nitro benzene ring substituents is 1. The van der Waals surface area contributed by atoms with Crippen molar-refractivity contribution in [1.29, 1.82) is 0 Å². The smallest absolute Gasteiger partial charge is 0.269 e. The molecular formula is C11H14N2O3. The maximum absolute atomic E-state index is 10.4. The molecule has 1 rings (SSSR count). The second-order valence-corrected chi connectivity index (χ2v) is 3.09. The van der Waals surface area contributed by atoms with Crippen molar-refractivity contribution in [2.45, 2.75) is 0 Å². The number of hydrogen-bond donors (Lipinski definition) is 1. The van der Waals surface area contributed by atoms with E-state index in [0.29, 0.717) is 18.9 Å². The Morgan fingerprint density at radius 1 is 1.44 bits per heavy atom. The fraction of sp³-hybridized carbons (Fsp3) is 0.273. The van der Waals surface area contributed by atoms with E-state index in [2.05, 4.69) is 11.9 Å². The van der Waals surface area contributed by atoms with E-state index < -0.39 is 4.92 Å². The zero-order valence-corrected chi connectivity index (χ0v) is 8.89. The summed E-state index contributed by atoms with van der Waals surface area (Å²) in [6, 6.07) is 6.02. The van der Waals surface area contributed by atoms with Gasteiger partial charge in [-0.05, 0) is 12.1 Å². The highest BCUT2D eigenvalue weighted by atomic mass is 16.6. The molecule has 0 saturated carbocycles. The van der Waals surface area contributed by atoms with Crippen LogP contribution in [0.4, 0.5) is 5.69 Å². The number of ether oxygens (including phenoxy) is 1. The molecule has 0 aliphatic rings. The third-order valence-corrected chi connectivity index (χ3v) is 1.88. The van der Waals surface area contributed by atoms with Gasteiger partial charge in [0.05, 0.1) is 4.92 Å². The zero-order chi connectivity index (χ0) is 11.8. The minimum Gasteiger partial charge on any atom is -0.492 e. The van der Waals surface area contributed by atoms with Crippen LogP contribution in [0.25, 0.3) is 0 Å². The van der Waals surface area contributed by atoms with E-state index in [1.165, 1.54) is 12.1 Å². The molecule has 0 aliphatic heterocycles. The number of benzene rings is 1. The van der Waals surface area contributed by atoms with Crippen LogP contribution in [-0.4, -0.2) is 24.6 Å². The molecule has 1 aromatic carbocycles. The first-order valence-electron chi connectivity index (χ1n) is 4.93. The molecule has 0 unspecified atom stereocenters. The molecule has 86 valence electrons. The number of nitrogens with one attached hydrogen (secondary N) is 1. The first kappa shape index (κ1) is 12.2. The van der Waals surface area contributed by atoms with Crippen molar-refractivity contribution in [2.24, 2.45) is 0 Å². The second kappa shape index (κ2) is 6.58. The summed E-state index contributed by atoms with van der Waals surface area (Å²) in [5.74, 6) is 0.631. The molecule has 0 bridgehead atoms. The average molecular weight is 222 g/mol. The van der Waals surface area contributed by atoms with Gasteiger partial charge >= 0.3 is 0 Å². The van der Waals surface area contributed by atoms with Crippen LogP contribution in [0.5, 0.6) is 5.75 Å². The maximum Gasteiger partial charge on any atom is 0.269 e. The van der Waals surface area contributed by atoms with Crippen LogP contribution in [0.3, 0.4) is 0 Å². The normalized spacial score (nSPS) is 9.75. The molecule has 0 spiro atoms. The maximum atomic E-state index is 10.4. The van der Waals surface area contributed by atoms with Gasteiger partial charge in [0.15, 0.2) is 0 Å². The summed E-state index contributed by atoms with van der Waals surface area (Å²) in [6.07, 6.45) is 1.77. The van der Waals surface area contributed by atoms with Gasteiger partial charge in [-0.3, -0.25) is 10.1 Å². The molecule has 0 saturated heterocycles. The highest BCUT2D eigenvalue weighted by Gasteiger charge is 2.03. The van der Waals surface area contributed by atoms with Crippen LogP contribution in [0.15, 0.2) is 36.9 Å². The molecule has 1 N–H and O–H groups in total. The standard InChI is InChI=1S/C11H14N2O3/c1-2-7-12-8-9-16-11-5-3-10(4-6-11)13(14)15/h2-6,12H,1,7-9H2. The Labute approximate surface area is 93.9 Å². The molecule has 16 heavy (non-hydrogen) atoms. The van der Waals surface area contributed by atoms with Gasteiger partial charge in [-0.2, -0.15) is 0 Å². The minimum atomic E-state index is -0.435. The fourth-order valence-electron chi connectivity index (χ4n) is 1.11. The molecule has 0 aromatic heterocycles. The Balaban J connectivity index is 2.32. The SMILES string of the molecule is C=CCNCCOc1ccc([N+](=O)[O-])cc1. The van der Waals surface area contributed by atoms with Crippen molar-refractivity contribution in [3.8, 4) is 5.75 Å². The molecule has 5 nitrogen and oxygen atoms in total. The lowest BCUT2D eigenvalue weighted by atomic mass is 10.3. The summed E-state index contributed by atoms with van der Waals surface area (Å²) in [5.41, 5.74) is 0.0668. The van der Waals surface area contributed by atoms with E-state index in [1.807, 2.05) is 0 Å². The molecule has 0 aliphatic carbocycles. The van der Waals surface area contributed by atoms with E-state index >= 15 is 0 Å². The monoisotopic (exact) mass is 222 g/mol. The Morgan fingerprint density at radius 3 is 2.69 bits per heavy atom. The van der Waals surface area contributed by atoms with E-state index in [-0.39, 0.29) is 5.69 Å². The number of hydrogen-bond acceptors (Lipinski definition) is 4. The lowest BCUT2D eigenvalue weighted by Crippen LogP contribution is -2.20. The van der Waals surface area contributed by atoms with Gasteiger partial charge in [0.2, 0.25) is 0 Å². The van der Waals surface area contributed by atoms with Crippen molar-refractivity contribution >= 4 is 5.69 Å². The second-order valence-electron chi connectivity index (χ2n) is 3.09. The first-order chi connectivity index (χ1) is 7.74. The number of rotatable bonds is 7. The molecule has 0 heterocycles. The highest BCUT2D eigenvalue weighted by Crippen LogP contribution is 2.16. The summed E-state index contributed by atoms with van der Waals surface area (Å²) in [4.78, 5) is 9.95. The summed E-state index contributed by atoms with van der Waals surface area (Å²) >= 11 is 0. The predicted octanol–water partition coefficient (Wildman–Crippen LogP) is 1.75. The third-order valence-electron chi connectivity index (χ3n) is 1.88. The van der Waals surface area contributed by atoms with Crippen LogP contribution in [-0.2, 0) is 0 Å². The van der Waals surface area contributed by atoms with Gasteiger partial charge in [-0.25, -0.2) is 0 Å².